The molecule has 0 amide bonds. The zero-order valence-corrected chi connectivity index (χ0v) is 10.9. The standard InChI is InChI=1S/C14H17N3O2/c1-2-13-16-17-14(19-13)8-18-12-5-3-4-9-10(12)6-7-11(9)15/h3-5,11H,2,6-8,15H2,1H3. The molecule has 3 rings (SSSR count). The van der Waals surface area contributed by atoms with Crippen molar-refractivity contribution in [2.75, 3.05) is 0 Å². The lowest BCUT2D eigenvalue weighted by Gasteiger charge is -2.10. The highest BCUT2D eigenvalue weighted by atomic mass is 16.5. The molecule has 19 heavy (non-hydrogen) atoms. The van der Waals surface area contributed by atoms with Crippen molar-refractivity contribution in [1.82, 2.24) is 10.2 Å². The van der Waals surface area contributed by atoms with E-state index in [0.29, 0.717) is 18.4 Å². The maximum Gasteiger partial charge on any atom is 0.253 e. The highest BCUT2D eigenvalue weighted by molar-refractivity contribution is 5.44. The van der Waals surface area contributed by atoms with Crippen LogP contribution in [0.15, 0.2) is 22.6 Å². The minimum atomic E-state index is 0.133. The normalized spacial score (nSPS) is 17.5. The van der Waals surface area contributed by atoms with Gasteiger partial charge < -0.3 is 14.9 Å². The Kier molecular flexibility index (Phi) is 3.21. The van der Waals surface area contributed by atoms with Gasteiger partial charge in [0.1, 0.15) is 5.75 Å². The molecule has 0 saturated heterocycles. The van der Waals surface area contributed by atoms with Crippen molar-refractivity contribution < 1.29 is 9.15 Å². The van der Waals surface area contributed by atoms with Gasteiger partial charge >= 0.3 is 0 Å². The van der Waals surface area contributed by atoms with Gasteiger partial charge in [-0.15, -0.1) is 10.2 Å². The lowest BCUT2D eigenvalue weighted by molar-refractivity contribution is 0.257. The van der Waals surface area contributed by atoms with Gasteiger partial charge in [-0.25, -0.2) is 0 Å². The molecule has 1 aliphatic rings. The predicted molar refractivity (Wildman–Crippen MR) is 69.7 cm³/mol. The summed E-state index contributed by atoms with van der Waals surface area (Å²) in [5.41, 5.74) is 8.45. The molecule has 2 N–H and O–H groups in total. The van der Waals surface area contributed by atoms with Crippen LogP contribution in [-0.4, -0.2) is 10.2 Å². The predicted octanol–water partition coefficient (Wildman–Crippen LogP) is 2.16. The third-order valence-corrected chi connectivity index (χ3v) is 3.44. The number of nitrogens with zero attached hydrogens (tertiary/aromatic N) is 2. The molecule has 1 aliphatic carbocycles. The van der Waals surface area contributed by atoms with Crippen molar-refractivity contribution in [3.63, 3.8) is 0 Å². The summed E-state index contributed by atoms with van der Waals surface area (Å²) >= 11 is 0. The van der Waals surface area contributed by atoms with Gasteiger partial charge in [-0.2, -0.15) is 0 Å². The molecule has 0 spiro atoms. The van der Waals surface area contributed by atoms with Crippen molar-refractivity contribution in [1.29, 1.82) is 0 Å². The number of fused-ring (bicyclic) bond motifs is 1. The van der Waals surface area contributed by atoms with E-state index in [1.54, 1.807) is 0 Å². The van der Waals surface area contributed by atoms with Crippen molar-refractivity contribution in [3.05, 3.63) is 41.1 Å². The number of aryl methyl sites for hydroxylation is 1. The maximum atomic E-state index is 6.05. The molecule has 2 aromatic rings. The van der Waals surface area contributed by atoms with Crippen LogP contribution in [0.25, 0.3) is 0 Å². The second kappa shape index (κ2) is 5.01. The third kappa shape index (κ3) is 2.33. The first-order valence-corrected chi connectivity index (χ1v) is 6.59. The topological polar surface area (TPSA) is 74.2 Å². The van der Waals surface area contributed by atoms with E-state index in [0.717, 1.165) is 25.0 Å². The molecular weight excluding hydrogens is 242 g/mol. The Morgan fingerprint density at radius 2 is 2.21 bits per heavy atom. The fraction of sp³-hybridized carbons (Fsp3) is 0.429. The number of rotatable bonds is 4. The monoisotopic (exact) mass is 259 g/mol. The van der Waals surface area contributed by atoms with Crippen molar-refractivity contribution >= 4 is 0 Å². The molecule has 0 radical (unpaired) electrons. The second-order valence-electron chi connectivity index (χ2n) is 4.70. The Morgan fingerprint density at radius 3 is 3.00 bits per heavy atom. The van der Waals surface area contributed by atoms with Crippen LogP contribution < -0.4 is 10.5 Å². The summed E-state index contributed by atoms with van der Waals surface area (Å²) in [6.07, 6.45) is 2.69. The first-order chi connectivity index (χ1) is 9.28. The Balaban J connectivity index is 1.74. The van der Waals surface area contributed by atoms with E-state index in [9.17, 15) is 0 Å². The van der Waals surface area contributed by atoms with E-state index in [1.165, 1.54) is 11.1 Å². The number of nitrogens with two attached hydrogens (primary N) is 1. The number of ether oxygens (including phenoxy) is 1. The first kappa shape index (κ1) is 12.2. The Labute approximate surface area is 111 Å². The van der Waals surface area contributed by atoms with Crippen LogP contribution >= 0.6 is 0 Å². The largest absolute Gasteiger partial charge is 0.484 e. The minimum absolute atomic E-state index is 0.133. The molecule has 0 bridgehead atoms. The number of aromatic nitrogens is 2. The van der Waals surface area contributed by atoms with Gasteiger partial charge in [0.05, 0.1) is 0 Å². The Morgan fingerprint density at radius 1 is 1.37 bits per heavy atom. The summed E-state index contributed by atoms with van der Waals surface area (Å²) in [4.78, 5) is 0. The zero-order valence-electron chi connectivity index (χ0n) is 10.9. The molecule has 1 aromatic carbocycles. The van der Waals surface area contributed by atoms with Crippen LogP contribution in [0.3, 0.4) is 0 Å². The molecule has 0 fully saturated rings. The smallest absolute Gasteiger partial charge is 0.253 e. The molecule has 100 valence electrons. The SMILES string of the molecule is CCc1nnc(COc2cccc3c2CCC3N)o1. The van der Waals surface area contributed by atoms with Gasteiger partial charge in [-0.3, -0.25) is 0 Å². The summed E-state index contributed by atoms with van der Waals surface area (Å²) in [7, 11) is 0. The van der Waals surface area contributed by atoms with Gasteiger partial charge in [-0.05, 0) is 30.0 Å². The summed E-state index contributed by atoms with van der Waals surface area (Å²) in [5.74, 6) is 2.03. The minimum Gasteiger partial charge on any atom is -0.484 e. The van der Waals surface area contributed by atoms with Gasteiger partial charge in [0.15, 0.2) is 6.61 Å². The van der Waals surface area contributed by atoms with Crippen molar-refractivity contribution in [3.8, 4) is 5.75 Å². The molecule has 1 heterocycles. The molecule has 5 nitrogen and oxygen atoms in total. The fourth-order valence-corrected chi connectivity index (χ4v) is 2.42. The second-order valence-corrected chi connectivity index (χ2v) is 4.70. The highest BCUT2D eigenvalue weighted by Gasteiger charge is 2.22. The van der Waals surface area contributed by atoms with Gasteiger partial charge in [0.25, 0.3) is 5.89 Å². The quantitative estimate of drug-likeness (QED) is 0.910. The van der Waals surface area contributed by atoms with Crippen LogP contribution in [0, 0.1) is 0 Å². The van der Waals surface area contributed by atoms with Crippen molar-refractivity contribution in [2.24, 2.45) is 5.73 Å². The summed E-state index contributed by atoms with van der Waals surface area (Å²) < 4.78 is 11.2. The van der Waals surface area contributed by atoms with E-state index in [-0.39, 0.29) is 6.04 Å². The summed E-state index contributed by atoms with van der Waals surface area (Å²) in [5, 5.41) is 7.86. The van der Waals surface area contributed by atoms with Crippen LogP contribution in [0.5, 0.6) is 5.75 Å². The van der Waals surface area contributed by atoms with Gasteiger partial charge in [0.2, 0.25) is 5.89 Å². The Hall–Kier alpha value is -1.88. The molecule has 0 aliphatic heterocycles. The van der Waals surface area contributed by atoms with E-state index in [4.69, 9.17) is 14.9 Å². The van der Waals surface area contributed by atoms with E-state index >= 15 is 0 Å². The first-order valence-electron chi connectivity index (χ1n) is 6.59. The lowest BCUT2D eigenvalue weighted by Crippen LogP contribution is -2.05. The van der Waals surface area contributed by atoms with E-state index in [1.807, 2.05) is 19.1 Å². The average Bonchev–Trinajstić information content (AvgIpc) is 3.04. The van der Waals surface area contributed by atoms with Crippen LogP contribution in [-0.2, 0) is 19.4 Å². The van der Waals surface area contributed by atoms with E-state index in [2.05, 4.69) is 16.3 Å². The zero-order chi connectivity index (χ0) is 13.2. The van der Waals surface area contributed by atoms with Gasteiger partial charge in [-0.1, -0.05) is 19.1 Å². The summed E-state index contributed by atoms with van der Waals surface area (Å²) in [6, 6.07) is 6.15. The lowest BCUT2D eigenvalue weighted by atomic mass is 10.1. The average molecular weight is 259 g/mol. The van der Waals surface area contributed by atoms with Crippen LogP contribution in [0.1, 0.15) is 42.3 Å². The molecule has 0 saturated carbocycles. The maximum absolute atomic E-state index is 6.05. The van der Waals surface area contributed by atoms with Crippen molar-refractivity contribution in [2.45, 2.75) is 38.8 Å². The van der Waals surface area contributed by atoms with Gasteiger partial charge in [0, 0.05) is 12.5 Å². The fourth-order valence-electron chi connectivity index (χ4n) is 2.42. The molecule has 1 unspecified atom stereocenters. The number of benzene rings is 1. The van der Waals surface area contributed by atoms with E-state index < -0.39 is 0 Å². The Bertz CT molecular complexity index is 580. The summed E-state index contributed by atoms with van der Waals surface area (Å²) in [6.45, 7) is 2.28. The number of hydrogen-bond donors (Lipinski definition) is 1. The number of hydrogen-bond acceptors (Lipinski definition) is 5. The van der Waals surface area contributed by atoms with Crippen LogP contribution in [0.2, 0.25) is 0 Å². The van der Waals surface area contributed by atoms with Crippen LogP contribution in [0.4, 0.5) is 0 Å². The molecule has 1 aromatic heterocycles. The third-order valence-electron chi connectivity index (χ3n) is 3.44. The molecule has 5 heteroatoms. The molecule has 1 atom stereocenters. The highest BCUT2D eigenvalue weighted by Crippen LogP contribution is 2.35. The molecular formula is C14H17N3O2.